The molecule has 0 spiro atoms. The first kappa shape index (κ1) is 17.9. The first-order chi connectivity index (χ1) is 13.0. The van der Waals surface area contributed by atoms with Crippen LogP contribution in [0.15, 0.2) is 29.1 Å². The number of hydrogen-bond donors (Lipinski definition) is 2. The lowest BCUT2D eigenvalue weighted by molar-refractivity contribution is 0.331. The van der Waals surface area contributed by atoms with Crippen molar-refractivity contribution in [2.45, 2.75) is 45.2 Å². The zero-order valence-electron chi connectivity index (χ0n) is 15.5. The van der Waals surface area contributed by atoms with Gasteiger partial charge in [0.15, 0.2) is 0 Å². The van der Waals surface area contributed by atoms with Gasteiger partial charge >= 0.3 is 0 Å². The zero-order valence-corrected chi connectivity index (χ0v) is 17.1. The van der Waals surface area contributed by atoms with Crippen molar-refractivity contribution in [1.82, 2.24) is 34.7 Å². The van der Waals surface area contributed by atoms with E-state index in [1.807, 2.05) is 17.7 Å². The van der Waals surface area contributed by atoms with Gasteiger partial charge in [0, 0.05) is 18.8 Å². The molecule has 0 radical (unpaired) electrons. The van der Waals surface area contributed by atoms with Crippen LogP contribution in [-0.4, -0.2) is 41.3 Å². The van der Waals surface area contributed by atoms with Crippen LogP contribution in [0.2, 0.25) is 0 Å². The van der Waals surface area contributed by atoms with Crippen LogP contribution in [0.4, 0.5) is 17.6 Å². The van der Waals surface area contributed by atoms with Gasteiger partial charge in [-0.1, -0.05) is 0 Å². The number of halogens is 1. The summed E-state index contributed by atoms with van der Waals surface area (Å²) in [5.41, 5.74) is 0.423. The minimum Gasteiger partial charge on any atom is -0.369 e. The van der Waals surface area contributed by atoms with Gasteiger partial charge in [-0.05, 0) is 49.5 Å². The molecule has 27 heavy (non-hydrogen) atoms. The fourth-order valence-corrected chi connectivity index (χ4v) is 3.16. The van der Waals surface area contributed by atoms with Gasteiger partial charge in [-0.15, -0.1) is 0 Å². The number of nitrogens with one attached hydrogen (secondary N) is 2. The lowest BCUT2D eigenvalue weighted by Crippen LogP contribution is -2.30. The first-order valence-corrected chi connectivity index (χ1v) is 9.78. The number of hydrogen-bond acceptors (Lipinski definition) is 7. The fourth-order valence-electron chi connectivity index (χ4n) is 2.82. The van der Waals surface area contributed by atoms with Crippen LogP contribution in [0, 0.1) is 0 Å². The molecule has 2 N–H and O–H groups in total. The van der Waals surface area contributed by atoms with Crippen LogP contribution in [0.3, 0.4) is 0 Å². The molecule has 0 amide bonds. The molecule has 0 aliphatic heterocycles. The summed E-state index contributed by atoms with van der Waals surface area (Å²) >= 11 is 3.47. The van der Waals surface area contributed by atoms with Crippen LogP contribution < -0.4 is 10.6 Å². The minimum atomic E-state index is -0.463. The van der Waals surface area contributed by atoms with E-state index < -0.39 is 5.54 Å². The van der Waals surface area contributed by atoms with Gasteiger partial charge in [0.05, 0.1) is 28.6 Å². The van der Waals surface area contributed by atoms with Gasteiger partial charge in [0.2, 0.25) is 5.95 Å². The molecule has 10 heteroatoms. The average molecular weight is 432 g/mol. The second-order valence-electron chi connectivity index (χ2n) is 7.01. The highest BCUT2D eigenvalue weighted by atomic mass is 79.9. The van der Waals surface area contributed by atoms with Crippen molar-refractivity contribution in [3.63, 3.8) is 0 Å². The molecule has 0 unspecified atom stereocenters. The summed E-state index contributed by atoms with van der Waals surface area (Å²) in [6, 6.07) is 2.44. The van der Waals surface area contributed by atoms with E-state index in [9.17, 15) is 0 Å². The van der Waals surface area contributed by atoms with Crippen LogP contribution >= 0.6 is 15.9 Å². The molecule has 0 atom stereocenters. The van der Waals surface area contributed by atoms with Gasteiger partial charge in [0.1, 0.15) is 17.2 Å². The molecule has 1 aliphatic rings. The normalized spacial score (nSPS) is 14.4. The van der Waals surface area contributed by atoms with Crippen molar-refractivity contribution in [2.24, 2.45) is 0 Å². The molecule has 3 aromatic rings. The van der Waals surface area contributed by atoms with Gasteiger partial charge in [-0.2, -0.15) is 25.1 Å². The molecule has 0 bridgehead atoms. The van der Waals surface area contributed by atoms with Crippen molar-refractivity contribution in [3.05, 3.63) is 34.8 Å². The smallest absolute Gasteiger partial charge is 0.230 e. The molecule has 1 fully saturated rings. The van der Waals surface area contributed by atoms with Crippen LogP contribution in [-0.2, 0) is 5.54 Å². The SMILES string of the molecule is CCNc1nc(Nc2cc(C(C)(C)n3nccn3)nn2C2CC2)ncc1Br. The maximum Gasteiger partial charge on any atom is 0.230 e. The second-order valence-corrected chi connectivity index (χ2v) is 7.87. The van der Waals surface area contributed by atoms with E-state index in [2.05, 4.69) is 60.6 Å². The maximum atomic E-state index is 4.85. The van der Waals surface area contributed by atoms with E-state index in [1.54, 1.807) is 23.4 Å². The summed E-state index contributed by atoms with van der Waals surface area (Å²) in [4.78, 5) is 10.6. The third-order valence-electron chi connectivity index (χ3n) is 4.50. The molecule has 1 aliphatic carbocycles. The highest BCUT2D eigenvalue weighted by Crippen LogP contribution is 2.39. The Morgan fingerprint density at radius 3 is 2.67 bits per heavy atom. The maximum absolute atomic E-state index is 4.85. The van der Waals surface area contributed by atoms with E-state index in [0.29, 0.717) is 12.0 Å². The van der Waals surface area contributed by atoms with E-state index in [4.69, 9.17) is 5.10 Å². The summed E-state index contributed by atoms with van der Waals surface area (Å²) in [6.07, 6.45) is 7.34. The lowest BCUT2D eigenvalue weighted by atomic mass is 10.0. The molecule has 0 aromatic carbocycles. The zero-order chi connectivity index (χ0) is 19.0. The average Bonchev–Trinajstić information content (AvgIpc) is 3.16. The second kappa shape index (κ2) is 6.91. The Bertz CT molecular complexity index is 928. The standard InChI is InChI=1S/C17H22BrN9/c1-4-19-15-12(18)10-20-16(24-15)23-14-9-13(25-26(14)11-5-6-11)17(2,3)27-21-7-8-22-27/h7-11H,4-6H2,1-3H3,(H2,19,20,23,24). The summed E-state index contributed by atoms with van der Waals surface area (Å²) in [6.45, 7) is 6.91. The molecule has 142 valence electrons. The van der Waals surface area contributed by atoms with Gasteiger partial charge in [-0.25, -0.2) is 9.67 Å². The van der Waals surface area contributed by atoms with Crippen LogP contribution in [0.5, 0.6) is 0 Å². The topological polar surface area (TPSA) is 98.4 Å². The Kier molecular flexibility index (Phi) is 4.58. The quantitative estimate of drug-likeness (QED) is 0.591. The largest absolute Gasteiger partial charge is 0.369 e. The summed E-state index contributed by atoms with van der Waals surface area (Å²) in [5.74, 6) is 2.16. The Labute approximate surface area is 165 Å². The van der Waals surface area contributed by atoms with Crippen LogP contribution in [0.1, 0.15) is 45.3 Å². The molecule has 4 rings (SSSR count). The van der Waals surface area contributed by atoms with Crippen molar-refractivity contribution < 1.29 is 0 Å². The first-order valence-electron chi connectivity index (χ1n) is 8.99. The summed E-state index contributed by atoms with van der Waals surface area (Å²) in [7, 11) is 0. The van der Waals surface area contributed by atoms with E-state index >= 15 is 0 Å². The van der Waals surface area contributed by atoms with Gasteiger partial charge < -0.3 is 10.6 Å². The van der Waals surface area contributed by atoms with Crippen molar-refractivity contribution in [3.8, 4) is 0 Å². The molecule has 1 saturated carbocycles. The van der Waals surface area contributed by atoms with Crippen LogP contribution in [0.25, 0.3) is 0 Å². The van der Waals surface area contributed by atoms with Gasteiger partial charge in [-0.3, -0.25) is 0 Å². The van der Waals surface area contributed by atoms with Crippen molar-refractivity contribution in [2.75, 3.05) is 17.2 Å². The van der Waals surface area contributed by atoms with Gasteiger partial charge in [0.25, 0.3) is 0 Å². The van der Waals surface area contributed by atoms with E-state index in [0.717, 1.165) is 41.2 Å². The summed E-state index contributed by atoms with van der Waals surface area (Å²) < 4.78 is 2.86. The minimum absolute atomic E-state index is 0.409. The molecule has 3 heterocycles. The summed E-state index contributed by atoms with van der Waals surface area (Å²) in [5, 5.41) is 20.0. The van der Waals surface area contributed by atoms with E-state index in [1.165, 1.54) is 0 Å². The molecular weight excluding hydrogens is 410 g/mol. The number of nitrogens with zero attached hydrogens (tertiary/aromatic N) is 7. The number of rotatable bonds is 7. The predicted octanol–water partition coefficient (Wildman–Crippen LogP) is 3.32. The predicted molar refractivity (Wildman–Crippen MR) is 106 cm³/mol. The molecule has 9 nitrogen and oxygen atoms in total. The molecular formula is C17H22BrN9. The lowest BCUT2D eigenvalue weighted by Gasteiger charge is -2.20. The Morgan fingerprint density at radius 1 is 1.26 bits per heavy atom. The third-order valence-corrected chi connectivity index (χ3v) is 5.08. The molecule has 3 aromatic heterocycles. The highest BCUT2D eigenvalue weighted by Gasteiger charge is 2.33. The molecule has 0 saturated heterocycles. The Hall–Kier alpha value is -2.49. The Balaban J connectivity index is 1.67. The van der Waals surface area contributed by atoms with E-state index in [-0.39, 0.29) is 0 Å². The monoisotopic (exact) mass is 431 g/mol. The van der Waals surface area contributed by atoms with Crippen molar-refractivity contribution >= 4 is 33.5 Å². The third kappa shape index (κ3) is 3.53. The Morgan fingerprint density at radius 2 is 2.00 bits per heavy atom. The number of anilines is 3. The fraction of sp³-hybridized carbons (Fsp3) is 0.471. The number of aromatic nitrogens is 7. The highest BCUT2D eigenvalue weighted by molar-refractivity contribution is 9.10. The van der Waals surface area contributed by atoms with Crippen molar-refractivity contribution in [1.29, 1.82) is 0 Å².